The molecule has 0 amide bonds. The van der Waals surface area contributed by atoms with Crippen LogP contribution in [0.1, 0.15) is 25.0 Å². The number of ether oxygens (including phenoxy) is 1. The largest absolute Gasteiger partial charge is 0.478 e. The molecule has 0 aromatic heterocycles. The average molecular weight is 399 g/mol. The van der Waals surface area contributed by atoms with Crippen molar-refractivity contribution < 1.29 is 27.8 Å². The second-order valence-corrected chi connectivity index (χ2v) is 6.06. The van der Waals surface area contributed by atoms with Crippen LogP contribution in [-0.2, 0) is 4.79 Å². The van der Waals surface area contributed by atoms with Crippen LogP contribution in [0.25, 0.3) is 17.2 Å². The van der Waals surface area contributed by atoms with Crippen molar-refractivity contribution in [3.05, 3.63) is 58.1 Å². The highest BCUT2D eigenvalue weighted by atomic mass is 35.5. The number of rotatable bonds is 2. The molecule has 2 aromatic rings. The Kier molecular flexibility index (Phi) is 6.21. The molecule has 3 rings (SSSR count). The van der Waals surface area contributed by atoms with Gasteiger partial charge >= 0.3 is 12.1 Å². The number of carboxylic acid groups (broad SMARTS) is 1. The second-order valence-electron chi connectivity index (χ2n) is 5.65. The Morgan fingerprint density at radius 1 is 1.19 bits per heavy atom. The number of benzene rings is 2. The Labute approximate surface area is 160 Å². The highest BCUT2D eigenvalue weighted by molar-refractivity contribution is 6.34. The lowest BCUT2D eigenvalue weighted by atomic mass is 9.93. The molecule has 0 fully saturated rings. The summed E-state index contributed by atoms with van der Waals surface area (Å²) in [6.45, 7) is 5.86. The van der Waals surface area contributed by atoms with Gasteiger partial charge in [0.05, 0.1) is 5.57 Å². The summed E-state index contributed by atoms with van der Waals surface area (Å²) in [6, 6.07) is 9.95. The van der Waals surface area contributed by atoms with Crippen LogP contribution in [0, 0.1) is 6.92 Å². The maximum atomic E-state index is 13.1. The Morgan fingerprint density at radius 3 is 2.41 bits per heavy atom. The summed E-state index contributed by atoms with van der Waals surface area (Å²) >= 11 is 6.25. The molecule has 0 radical (unpaired) electrons. The fourth-order valence-electron chi connectivity index (χ4n) is 2.75. The number of carbonyl (C=O) groups is 1. The predicted molar refractivity (Wildman–Crippen MR) is 99.1 cm³/mol. The van der Waals surface area contributed by atoms with Crippen molar-refractivity contribution >= 4 is 23.6 Å². The fraction of sp³-hybridized carbons (Fsp3) is 0.250. The quantitative estimate of drug-likeness (QED) is 0.661. The van der Waals surface area contributed by atoms with Gasteiger partial charge in [-0.05, 0) is 30.7 Å². The average Bonchev–Trinajstić information content (AvgIpc) is 2.61. The third kappa shape index (κ3) is 4.27. The van der Waals surface area contributed by atoms with E-state index in [9.17, 15) is 23.1 Å². The monoisotopic (exact) mass is 398 g/mol. The van der Waals surface area contributed by atoms with Gasteiger partial charge in [0.15, 0.2) is 0 Å². The molecule has 144 valence electrons. The van der Waals surface area contributed by atoms with E-state index in [2.05, 4.69) is 0 Å². The van der Waals surface area contributed by atoms with Crippen LogP contribution in [0.2, 0.25) is 5.02 Å². The molecule has 0 bridgehead atoms. The van der Waals surface area contributed by atoms with Gasteiger partial charge < -0.3 is 9.84 Å². The van der Waals surface area contributed by atoms with Crippen LogP contribution < -0.4 is 4.74 Å². The molecule has 1 heterocycles. The molecule has 1 aliphatic heterocycles. The van der Waals surface area contributed by atoms with E-state index in [1.165, 1.54) is 12.1 Å². The normalized spacial score (nSPS) is 15.7. The minimum atomic E-state index is -4.84. The number of fused-ring (bicyclic) bond motifs is 1. The maximum Gasteiger partial charge on any atom is 0.430 e. The molecule has 27 heavy (non-hydrogen) atoms. The van der Waals surface area contributed by atoms with E-state index in [1.807, 2.05) is 32.9 Å². The third-order valence-corrected chi connectivity index (χ3v) is 4.15. The molecule has 0 aliphatic carbocycles. The SMILES string of the molecule is CC.Cc1cccc(-c2c(Cl)ccc3c2C=C(C(=O)O)C(C(F)(F)F)O3)c1. The molecule has 3 nitrogen and oxygen atoms in total. The minimum Gasteiger partial charge on any atom is -0.478 e. The molecule has 0 saturated carbocycles. The summed E-state index contributed by atoms with van der Waals surface area (Å²) in [5.41, 5.74) is 1.37. The zero-order valence-corrected chi connectivity index (χ0v) is 15.7. The Bertz CT molecular complexity index is 889. The Morgan fingerprint density at radius 2 is 1.85 bits per heavy atom. The minimum absolute atomic E-state index is 0.0618. The molecule has 0 spiro atoms. The Balaban J connectivity index is 0.00000126. The number of aryl methyl sites for hydroxylation is 1. The molecule has 1 N–H and O–H groups in total. The van der Waals surface area contributed by atoms with Crippen molar-refractivity contribution in [1.29, 1.82) is 0 Å². The van der Waals surface area contributed by atoms with E-state index in [1.54, 1.807) is 12.1 Å². The first-order chi connectivity index (χ1) is 12.7. The smallest absolute Gasteiger partial charge is 0.430 e. The van der Waals surface area contributed by atoms with E-state index in [-0.39, 0.29) is 11.3 Å². The fourth-order valence-corrected chi connectivity index (χ4v) is 3.03. The van der Waals surface area contributed by atoms with Crippen molar-refractivity contribution in [2.24, 2.45) is 0 Å². The maximum absolute atomic E-state index is 13.1. The van der Waals surface area contributed by atoms with Gasteiger partial charge in [-0.3, -0.25) is 0 Å². The van der Waals surface area contributed by atoms with Crippen molar-refractivity contribution in [2.75, 3.05) is 0 Å². The summed E-state index contributed by atoms with van der Waals surface area (Å²) in [7, 11) is 0. The second kappa shape index (κ2) is 8.05. The van der Waals surface area contributed by atoms with E-state index < -0.39 is 23.8 Å². The van der Waals surface area contributed by atoms with Gasteiger partial charge in [-0.15, -0.1) is 0 Å². The number of alkyl halides is 3. The topological polar surface area (TPSA) is 46.5 Å². The number of hydrogen-bond acceptors (Lipinski definition) is 2. The van der Waals surface area contributed by atoms with E-state index in [0.29, 0.717) is 16.1 Å². The summed E-state index contributed by atoms with van der Waals surface area (Å²) in [6.07, 6.45) is -6.38. The van der Waals surface area contributed by atoms with Crippen LogP contribution in [-0.4, -0.2) is 23.4 Å². The lowest BCUT2D eigenvalue weighted by molar-refractivity contribution is -0.187. The molecule has 0 saturated heterocycles. The predicted octanol–water partition coefficient (Wildman–Crippen LogP) is 6.13. The van der Waals surface area contributed by atoms with E-state index >= 15 is 0 Å². The first-order valence-corrected chi connectivity index (χ1v) is 8.64. The van der Waals surface area contributed by atoms with Crippen molar-refractivity contribution in [1.82, 2.24) is 0 Å². The van der Waals surface area contributed by atoms with Crippen LogP contribution in [0.15, 0.2) is 42.0 Å². The highest BCUT2D eigenvalue weighted by Crippen LogP contribution is 2.44. The standard InChI is InChI=1S/C18H12ClF3O3.C2H6/c1-9-3-2-4-10(7-9)15-11-8-12(17(23)24)16(18(20,21)22)25-14(11)6-5-13(15)19;1-2/h2-8,16H,1H3,(H,23,24);1-2H3. The van der Waals surface area contributed by atoms with Crippen LogP contribution >= 0.6 is 11.6 Å². The van der Waals surface area contributed by atoms with Gasteiger partial charge in [-0.1, -0.05) is 55.3 Å². The van der Waals surface area contributed by atoms with Crippen molar-refractivity contribution in [3.63, 3.8) is 0 Å². The van der Waals surface area contributed by atoms with Gasteiger partial charge in [0, 0.05) is 16.1 Å². The lowest BCUT2D eigenvalue weighted by Gasteiger charge is -2.28. The van der Waals surface area contributed by atoms with Crippen LogP contribution in [0.4, 0.5) is 13.2 Å². The molecule has 2 aromatic carbocycles. The highest BCUT2D eigenvalue weighted by Gasteiger charge is 2.48. The first kappa shape index (κ1) is 20.8. The number of halogens is 4. The van der Waals surface area contributed by atoms with Gasteiger partial charge in [-0.25, -0.2) is 4.79 Å². The molecule has 7 heteroatoms. The van der Waals surface area contributed by atoms with E-state index in [0.717, 1.165) is 11.6 Å². The van der Waals surface area contributed by atoms with Crippen molar-refractivity contribution in [2.45, 2.75) is 33.1 Å². The van der Waals surface area contributed by atoms with Gasteiger partial charge in [0.25, 0.3) is 0 Å². The van der Waals surface area contributed by atoms with Gasteiger partial charge in [0.2, 0.25) is 6.10 Å². The zero-order valence-electron chi connectivity index (χ0n) is 14.9. The van der Waals surface area contributed by atoms with Crippen LogP contribution in [0.3, 0.4) is 0 Å². The summed E-state index contributed by atoms with van der Waals surface area (Å²) in [4.78, 5) is 11.3. The number of carboxylic acids is 1. The van der Waals surface area contributed by atoms with Crippen LogP contribution in [0.5, 0.6) is 5.75 Å². The molecule has 1 aliphatic rings. The summed E-state index contributed by atoms with van der Waals surface area (Å²) in [5.74, 6) is -1.75. The van der Waals surface area contributed by atoms with Gasteiger partial charge in [-0.2, -0.15) is 13.2 Å². The first-order valence-electron chi connectivity index (χ1n) is 8.26. The number of hydrogen-bond donors (Lipinski definition) is 1. The van der Waals surface area contributed by atoms with Crippen molar-refractivity contribution in [3.8, 4) is 16.9 Å². The molecule has 1 unspecified atom stereocenters. The number of aliphatic carboxylic acids is 1. The third-order valence-electron chi connectivity index (χ3n) is 3.83. The molecular formula is C20H18ClF3O3. The zero-order chi connectivity index (χ0) is 20.4. The Hall–Kier alpha value is -2.47. The summed E-state index contributed by atoms with van der Waals surface area (Å²) in [5, 5.41) is 9.48. The summed E-state index contributed by atoms with van der Waals surface area (Å²) < 4.78 is 44.4. The van der Waals surface area contributed by atoms with Gasteiger partial charge in [0.1, 0.15) is 5.75 Å². The molecule has 1 atom stereocenters. The lowest BCUT2D eigenvalue weighted by Crippen LogP contribution is -2.40. The van der Waals surface area contributed by atoms with E-state index in [4.69, 9.17) is 16.3 Å². The molecular weight excluding hydrogens is 381 g/mol.